The zero-order valence-corrected chi connectivity index (χ0v) is 13.9. The zero-order valence-electron chi connectivity index (χ0n) is 12.9. The first-order valence-electron chi connectivity index (χ1n) is 6.77. The van der Waals surface area contributed by atoms with Crippen molar-refractivity contribution in [1.82, 2.24) is 0 Å². The van der Waals surface area contributed by atoms with Crippen LogP contribution in [0.4, 0.5) is 0 Å². The van der Waals surface area contributed by atoms with Gasteiger partial charge in [0.25, 0.3) is 0 Å². The van der Waals surface area contributed by atoms with Gasteiger partial charge in [-0.15, -0.1) is 0 Å². The van der Waals surface area contributed by atoms with Gasteiger partial charge in [0, 0.05) is 12.3 Å². The fourth-order valence-corrected chi connectivity index (χ4v) is 3.10. The van der Waals surface area contributed by atoms with E-state index in [9.17, 15) is 4.79 Å². The molecule has 0 fully saturated rings. The minimum absolute atomic E-state index is 0.0270. The molecule has 0 radical (unpaired) electrons. The van der Waals surface area contributed by atoms with Gasteiger partial charge in [-0.3, -0.25) is 4.79 Å². The van der Waals surface area contributed by atoms with Gasteiger partial charge in [0.15, 0.2) is 8.32 Å². The first-order valence-corrected chi connectivity index (χ1v) is 9.68. The molecule has 0 saturated heterocycles. The maximum Gasteiger partial charge on any atom is 0.192 e. The van der Waals surface area contributed by atoms with E-state index in [1.165, 1.54) is 0 Å². The molecular formula is C14H30O2Si. The van der Waals surface area contributed by atoms with E-state index in [0.717, 1.165) is 6.42 Å². The quantitative estimate of drug-likeness (QED) is 0.660. The summed E-state index contributed by atoms with van der Waals surface area (Å²) in [5, 5.41) is 0.204. The first-order chi connectivity index (χ1) is 7.56. The highest BCUT2D eigenvalue weighted by Crippen LogP contribution is 2.38. The summed E-state index contributed by atoms with van der Waals surface area (Å²) in [6.07, 6.45) is 1.61. The van der Waals surface area contributed by atoms with Gasteiger partial charge in [-0.2, -0.15) is 0 Å². The molecule has 0 aromatic heterocycles. The monoisotopic (exact) mass is 258 g/mol. The predicted molar refractivity (Wildman–Crippen MR) is 76.8 cm³/mol. The van der Waals surface area contributed by atoms with Gasteiger partial charge in [-0.25, -0.2) is 0 Å². The predicted octanol–water partition coefficient (Wildman–Crippen LogP) is 4.40. The van der Waals surface area contributed by atoms with Gasteiger partial charge in [0.05, 0.1) is 6.10 Å². The fraction of sp³-hybridized carbons (Fsp3) is 0.929. The number of hydrogen-bond donors (Lipinski definition) is 0. The lowest BCUT2D eigenvalue weighted by molar-refractivity contribution is -0.125. The summed E-state index contributed by atoms with van der Waals surface area (Å²) in [5.41, 5.74) is 0. The Bertz CT molecular complexity index is 253. The second-order valence-corrected chi connectivity index (χ2v) is 11.2. The summed E-state index contributed by atoms with van der Waals surface area (Å²) in [5.74, 6) is 0.342. The number of hydrogen-bond acceptors (Lipinski definition) is 2. The van der Waals surface area contributed by atoms with E-state index in [0.29, 0.717) is 12.2 Å². The van der Waals surface area contributed by atoms with Crippen molar-refractivity contribution in [1.29, 1.82) is 0 Å². The van der Waals surface area contributed by atoms with E-state index in [1.54, 1.807) is 0 Å². The average Bonchev–Trinajstić information content (AvgIpc) is 2.22. The maximum atomic E-state index is 11.8. The van der Waals surface area contributed by atoms with Gasteiger partial charge < -0.3 is 4.43 Å². The molecule has 0 rings (SSSR count). The Morgan fingerprint density at radius 2 is 1.71 bits per heavy atom. The third kappa shape index (κ3) is 4.55. The van der Waals surface area contributed by atoms with Crippen LogP contribution in [0.5, 0.6) is 0 Å². The zero-order chi connectivity index (χ0) is 13.9. The molecule has 2 nitrogen and oxygen atoms in total. The molecule has 0 aromatic rings. The summed E-state index contributed by atoms with van der Waals surface area (Å²) in [4.78, 5) is 11.8. The highest BCUT2D eigenvalue weighted by Gasteiger charge is 2.40. The minimum Gasteiger partial charge on any atom is -0.413 e. The van der Waals surface area contributed by atoms with Gasteiger partial charge in [-0.1, -0.05) is 41.5 Å². The van der Waals surface area contributed by atoms with Crippen LogP contribution in [0.2, 0.25) is 18.1 Å². The molecule has 0 aliphatic heterocycles. The Hall–Kier alpha value is -0.153. The molecule has 0 amide bonds. The first kappa shape index (κ1) is 16.8. The van der Waals surface area contributed by atoms with E-state index >= 15 is 0 Å². The Labute approximate surface area is 108 Å². The molecule has 0 spiro atoms. The van der Waals surface area contributed by atoms with Crippen LogP contribution in [0, 0.1) is 5.92 Å². The van der Waals surface area contributed by atoms with Crippen LogP contribution < -0.4 is 0 Å². The molecule has 0 saturated carbocycles. The molecule has 3 heteroatoms. The van der Waals surface area contributed by atoms with Gasteiger partial charge in [0.2, 0.25) is 0 Å². The second-order valence-electron chi connectivity index (χ2n) is 6.43. The maximum absolute atomic E-state index is 11.8. The highest BCUT2D eigenvalue weighted by atomic mass is 28.4. The number of carbonyl (C=O) groups excluding carboxylic acids is 1. The van der Waals surface area contributed by atoms with Crippen molar-refractivity contribution in [3.05, 3.63) is 0 Å². The SMILES string of the molecule is CCC(=O)[C@@H](C)[C@@H](CC)O[Si](C)(C)C(C)(C)C. The smallest absolute Gasteiger partial charge is 0.192 e. The van der Waals surface area contributed by atoms with Gasteiger partial charge >= 0.3 is 0 Å². The second kappa shape index (κ2) is 6.14. The normalized spacial score (nSPS) is 16.7. The molecule has 2 atom stereocenters. The highest BCUT2D eigenvalue weighted by molar-refractivity contribution is 6.74. The number of ketones is 1. The summed E-state index contributed by atoms with van der Waals surface area (Å²) < 4.78 is 6.35. The Balaban J connectivity index is 4.77. The average molecular weight is 258 g/mol. The number of Topliss-reactive ketones (excluding diaryl/α,β-unsaturated/α-hetero) is 1. The van der Waals surface area contributed by atoms with Crippen LogP contribution in [0.3, 0.4) is 0 Å². The standard InChI is InChI=1S/C14H30O2Si/c1-9-12(15)11(3)13(10-2)16-17(7,8)14(4,5)6/h11,13H,9-10H2,1-8H3/t11-,13-/m1/s1. The molecule has 0 aliphatic rings. The molecule has 0 N–H and O–H groups in total. The molecule has 0 aromatic carbocycles. The molecule has 0 aliphatic carbocycles. The van der Waals surface area contributed by atoms with Crippen LogP contribution in [-0.2, 0) is 9.22 Å². The summed E-state index contributed by atoms with van der Waals surface area (Å²) in [6.45, 7) is 17.2. The Morgan fingerprint density at radius 1 is 1.24 bits per heavy atom. The van der Waals surface area contributed by atoms with Crippen LogP contribution in [0.1, 0.15) is 54.4 Å². The van der Waals surface area contributed by atoms with E-state index < -0.39 is 8.32 Å². The number of carbonyl (C=O) groups is 1. The number of rotatable bonds is 6. The Morgan fingerprint density at radius 3 is 2.00 bits per heavy atom. The summed E-state index contributed by atoms with van der Waals surface area (Å²) >= 11 is 0. The Kier molecular flexibility index (Phi) is 6.09. The molecule has 17 heavy (non-hydrogen) atoms. The summed E-state index contributed by atoms with van der Waals surface area (Å²) in [6, 6.07) is 0. The van der Waals surface area contributed by atoms with Crippen LogP contribution in [0.15, 0.2) is 0 Å². The lowest BCUT2D eigenvalue weighted by atomic mass is 9.96. The largest absolute Gasteiger partial charge is 0.413 e. The lowest BCUT2D eigenvalue weighted by Gasteiger charge is -2.40. The van der Waals surface area contributed by atoms with Crippen LogP contribution in [0.25, 0.3) is 0 Å². The molecule has 0 bridgehead atoms. The topological polar surface area (TPSA) is 26.3 Å². The molecular weight excluding hydrogens is 228 g/mol. The van der Waals surface area contributed by atoms with E-state index in [-0.39, 0.29) is 17.1 Å². The van der Waals surface area contributed by atoms with Crippen molar-refractivity contribution in [2.75, 3.05) is 0 Å². The van der Waals surface area contributed by atoms with Gasteiger partial charge in [-0.05, 0) is 24.6 Å². The van der Waals surface area contributed by atoms with Crippen LogP contribution in [-0.4, -0.2) is 20.2 Å². The fourth-order valence-electron chi connectivity index (χ4n) is 1.62. The lowest BCUT2D eigenvalue weighted by Crippen LogP contribution is -2.46. The van der Waals surface area contributed by atoms with Crippen molar-refractivity contribution >= 4 is 14.1 Å². The summed E-state index contributed by atoms with van der Waals surface area (Å²) in [7, 11) is -1.76. The van der Waals surface area contributed by atoms with Crippen molar-refractivity contribution in [3.8, 4) is 0 Å². The molecule has 102 valence electrons. The van der Waals surface area contributed by atoms with Crippen molar-refractivity contribution in [3.63, 3.8) is 0 Å². The van der Waals surface area contributed by atoms with Crippen molar-refractivity contribution in [2.45, 2.75) is 78.6 Å². The van der Waals surface area contributed by atoms with Crippen molar-refractivity contribution in [2.24, 2.45) is 5.92 Å². The van der Waals surface area contributed by atoms with E-state index in [1.807, 2.05) is 13.8 Å². The third-order valence-electron chi connectivity index (χ3n) is 4.07. The third-order valence-corrected chi connectivity index (χ3v) is 8.57. The van der Waals surface area contributed by atoms with Gasteiger partial charge in [0.1, 0.15) is 5.78 Å². The minimum atomic E-state index is -1.76. The molecule has 0 unspecified atom stereocenters. The molecule has 0 heterocycles. The van der Waals surface area contributed by atoms with E-state index in [4.69, 9.17) is 4.43 Å². The van der Waals surface area contributed by atoms with Crippen LogP contribution >= 0.6 is 0 Å². The van der Waals surface area contributed by atoms with E-state index in [2.05, 4.69) is 40.8 Å². The van der Waals surface area contributed by atoms with Crippen molar-refractivity contribution < 1.29 is 9.22 Å².